The molecule has 0 aliphatic carbocycles. The highest BCUT2D eigenvalue weighted by atomic mass is 35.5. The van der Waals surface area contributed by atoms with E-state index in [1.54, 1.807) is 7.11 Å². The summed E-state index contributed by atoms with van der Waals surface area (Å²) in [5, 5.41) is 6.69. The fourth-order valence-electron chi connectivity index (χ4n) is 3.30. The lowest BCUT2D eigenvalue weighted by Gasteiger charge is -2.29. The third-order valence-electron chi connectivity index (χ3n) is 4.21. The predicted molar refractivity (Wildman–Crippen MR) is 78.6 cm³/mol. The summed E-state index contributed by atoms with van der Waals surface area (Å²) in [6, 6.07) is 1.57. The second-order valence-corrected chi connectivity index (χ2v) is 5.93. The van der Waals surface area contributed by atoms with E-state index in [9.17, 15) is 4.79 Å². The van der Waals surface area contributed by atoms with Gasteiger partial charge in [-0.25, -0.2) is 0 Å². The van der Waals surface area contributed by atoms with E-state index >= 15 is 0 Å². The van der Waals surface area contributed by atoms with Gasteiger partial charge in [0.25, 0.3) is 0 Å². The standard InChI is InChI=1S/C14H26N2O2.ClH/c1-10(5-6-18-2)15-14(17)9-11-7-12-3-4-13(8-11)16-12;/h10-13,16H,3-9H2,1-2H3,(H,15,17);1H. The maximum absolute atomic E-state index is 11.9. The average Bonchev–Trinajstić information content (AvgIpc) is 2.66. The van der Waals surface area contributed by atoms with Gasteiger partial charge in [0.2, 0.25) is 5.91 Å². The van der Waals surface area contributed by atoms with Gasteiger partial charge in [0, 0.05) is 38.3 Å². The maximum Gasteiger partial charge on any atom is 0.220 e. The number of hydrogen-bond donors (Lipinski definition) is 2. The van der Waals surface area contributed by atoms with Crippen LogP contribution in [0, 0.1) is 5.92 Å². The molecule has 2 bridgehead atoms. The molecule has 2 aliphatic rings. The lowest BCUT2D eigenvalue weighted by Crippen LogP contribution is -2.41. The van der Waals surface area contributed by atoms with Crippen molar-refractivity contribution in [3.8, 4) is 0 Å². The van der Waals surface area contributed by atoms with Crippen molar-refractivity contribution in [2.45, 2.75) is 63.6 Å². The lowest BCUT2D eigenvalue weighted by atomic mass is 9.89. The molecule has 112 valence electrons. The number of carbonyl (C=O) groups excluding carboxylic acids is 1. The van der Waals surface area contributed by atoms with E-state index in [4.69, 9.17) is 4.74 Å². The topological polar surface area (TPSA) is 50.4 Å². The smallest absolute Gasteiger partial charge is 0.220 e. The number of nitrogens with one attached hydrogen (secondary N) is 2. The molecule has 2 aliphatic heterocycles. The highest BCUT2D eigenvalue weighted by Gasteiger charge is 2.34. The molecular formula is C14H27ClN2O2. The second-order valence-electron chi connectivity index (χ2n) is 5.93. The van der Waals surface area contributed by atoms with Crippen LogP contribution in [0.2, 0.25) is 0 Å². The van der Waals surface area contributed by atoms with Gasteiger partial charge in [0.05, 0.1) is 0 Å². The van der Waals surface area contributed by atoms with Gasteiger partial charge in [-0.1, -0.05) is 0 Å². The van der Waals surface area contributed by atoms with Crippen LogP contribution in [0.15, 0.2) is 0 Å². The molecule has 2 saturated heterocycles. The molecule has 0 aromatic rings. The zero-order valence-electron chi connectivity index (χ0n) is 12.0. The van der Waals surface area contributed by atoms with Crippen LogP contribution in [0.5, 0.6) is 0 Å². The van der Waals surface area contributed by atoms with Crippen molar-refractivity contribution in [2.24, 2.45) is 5.92 Å². The van der Waals surface area contributed by atoms with Crippen LogP contribution in [0.1, 0.15) is 45.4 Å². The van der Waals surface area contributed by atoms with Gasteiger partial charge in [-0.3, -0.25) is 4.79 Å². The minimum atomic E-state index is 0. The Morgan fingerprint density at radius 2 is 2.00 bits per heavy atom. The monoisotopic (exact) mass is 290 g/mol. The number of amides is 1. The molecule has 2 heterocycles. The number of hydrogen-bond acceptors (Lipinski definition) is 3. The van der Waals surface area contributed by atoms with Crippen molar-refractivity contribution >= 4 is 18.3 Å². The Bertz CT molecular complexity index is 277. The molecule has 5 heteroatoms. The molecule has 2 N–H and O–H groups in total. The average molecular weight is 291 g/mol. The first-order valence-electron chi connectivity index (χ1n) is 7.21. The van der Waals surface area contributed by atoms with Gasteiger partial charge in [0.15, 0.2) is 0 Å². The van der Waals surface area contributed by atoms with Crippen molar-refractivity contribution in [1.82, 2.24) is 10.6 Å². The highest BCUT2D eigenvalue weighted by molar-refractivity contribution is 5.85. The first kappa shape index (κ1) is 16.7. The Morgan fingerprint density at radius 1 is 1.37 bits per heavy atom. The molecule has 0 radical (unpaired) electrons. The summed E-state index contributed by atoms with van der Waals surface area (Å²) in [5.41, 5.74) is 0. The fraction of sp³-hybridized carbons (Fsp3) is 0.929. The molecule has 3 atom stereocenters. The minimum Gasteiger partial charge on any atom is -0.385 e. The summed E-state index contributed by atoms with van der Waals surface area (Å²) in [7, 11) is 1.69. The number of piperidine rings is 1. The maximum atomic E-state index is 11.9. The number of methoxy groups -OCH3 is 1. The zero-order valence-corrected chi connectivity index (χ0v) is 12.8. The third-order valence-corrected chi connectivity index (χ3v) is 4.21. The summed E-state index contributed by atoms with van der Waals surface area (Å²) in [6.07, 6.45) is 6.54. The molecule has 2 rings (SSSR count). The Labute approximate surface area is 122 Å². The third kappa shape index (κ3) is 5.28. The van der Waals surface area contributed by atoms with Gasteiger partial charge >= 0.3 is 0 Å². The van der Waals surface area contributed by atoms with Gasteiger partial charge in [-0.05, 0) is 44.9 Å². The Kier molecular flexibility index (Phi) is 7.11. The van der Waals surface area contributed by atoms with E-state index in [0.717, 1.165) is 6.42 Å². The molecule has 0 spiro atoms. The van der Waals surface area contributed by atoms with Crippen LogP contribution in [-0.4, -0.2) is 37.7 Å². The van der Waals surface area contributed by atoms with E-state index in [-0.39, 0.29) is 24.4 Å². The van der Waals surface area contributed by atoms with E-state index in [0.29, 0.717) is 31.0 Å². The van der Waals surface area contributed by atoms with Gasteiger partial charge in [-0.2, -0.15) is 0 Å². The number of halogens is 1. The van der Waals surface area contributed by atoms with Crippen molar-refractivity contribution in [3.05, 3.63) is 0 Å². The predicted octanol–water partition coefficient (Wildman–Crippen LogP) is 1.87. The van der Waals surface area contributed by atoms with Crippen molar-refractivity contribution < 1.29 is 9.53 Å². The lowest BCUT2D eigenvalue weighted by molar-refractivity contribution is -0.123. The van der Waals surface area contributed by atoms with Crippen LogP contribution < -0.4 is 10.6 Å². The second kappa shape index (κ2) is 8.08. The van der Waals surface area contributed by atoms with Gasteiger partial charge < -0.3 is 15.4 Å². The molecule has 1 amide bonds. The van der Waals surface area contributed by atoms with E-state index in [1.165, 1.54) is 25.7 Å². The van der Waals surface area contributed by atoms with Crippen molar-refractivity contribution in [3.63, 3.8) is 0 Å². The Balaban J connectivity index is 0.00000180. The minimum absolute atomic E-state index is 0. The molecule has 3 unspecified atom stereocenters. The van der Waals surface area contributed by atoms with E-state index in [1.807, 2.05) is 6.92 Å². The van der Waals surface area contributed by atoms with Crippen LogP contribution in [0.4, 0.5) is 0 Å². The van der Waals surface area contributed by atoms with Gasteiger partial charge in [-0.15, -0.1) is 12.4 Å². The van der Waals surface area contributed by atoms with Crippen molar-refractivity contribution in [2.75, 3.05) is 13.7 Å². The molecule has 4 nitrogen and oxygen atoms in total. The summed E-state index contributed by atoms with van der Waals surface area (Å²) in [5.74, 6) is 0.795. The largest absolute Gasteiger partial charge is 0.385 e. The molecule has 0 aromatic heterocycles. The Morgan fingerprint density at radius 3 is 2.58 bits per heavy atom. The molecule has 0 saturated carbocycles. The SMILES string of the molecule is COCCC(C)NC(=O)CC1CC2CCC(C1)N2.Cl. The van der Waals surface area contributed by atoms with Crippen LogP contribution in [0.25, 0.3) is 0 Å². The zero-order chi connectivity index (χ0) is 13.0. The van der Waals surface area contributed by atoms with E-state index in [2.05, 4.69) is 10.6 Å². The van der Waals surface area contributed by atoms with Gasteiger partial charge in [0.1, 0.15) is 0 Å². The Hall–Kier alpha value is -0.320. The van der Waals surface area contributed by atoms with E-state index < -0.39 is 0 Å². The molecule has 0 aromatic carbocycles. The fourth-order valence-corrected chi connectivity index (χ4v) is 3.30. The summed E-state index contributed by atoms with van der Waals surface area (Å²) >= 11 is 0. The number of carbonyl (C=O) groups is 1. The summed E-state index contributed by atoms with van der Waals surface area (Å²) < 4.78 is 5.02. The highest BCUT2D eigenvalue weighted by Crippen LogP contribution is 2.32. The number of fused-ring (bicyclic) bond motifs is 2. The van der Waals surface area contributed by atoms with Crippen LogP contribution in [0.3, 0.4) is 0 Å². The normalized spacial score (nSPS) is 30.5. The number of ether oxygens (including phenoxy) is 1. The molecule has 19 heavy (non-hydrogen) atoms. The van der Waals surface area contributed by atoms with Crippen LogP contribution in [-0.2, 0) is 9.53 Å². The molecule has 2 fully saturated rings. The number of rotatable bonds is 6. The van der Waals surface area contributed by atoms with Crippen LogP contribution >= 0.6 is 12.4 Å². The first-order chi connectivity index (χ1) is 8.67. The molecular weight excluding hydrogens is 264 g/mol. The quantitative estimate of drug-likeness (QED) is 0.785. The summed E-state index contributed by atoms with van der Waals surface area (Å²) in [4.78, 5) is 11.9. The summed E-state index contributed by atoms with van der Waals surface area (Å²) in [6.45, 7) is 2.75. The first-order valence-corrected chi connectivity index (χ1v) is 7.21. The van der Waals surface area contributed by atoms with Crippen molar-refractivity contribution in [1.29, 1.82) is 0 Å².